The molecule has 0 aromatic carbocycles. The maximum Gasteiger partial charge on any atom is 0.313 e. The molecule has 130 valence electrons. The number of methoxy groups -OCH3 is 1. The molecule has 9 heteroatoms. The molecule has 2 heterocycles. The van der Waals surface area contributed by atoms with Crippen molar-refractivity contribution in [3.05, 3.63) is 5.82 Å². The number of hydrogen-bond acceptors (Lipinski definition) is 6. The van der Waals surface area contributed by atoms with E-state index in [2.05, 4.69) is 37.5 Å². The Labute approximate surface area is 141 Å². The molecule has 1 amide bonds. The normalized spacial score (nSPS) is 16.3. The third-order valence-electron chi connectivity index (χ3n) is 4.02. The molecule has 1 fully saturated rings. The molecule has 1 aliphatic rings. The van der Waals surface area contributed by atoms with E-state index < -0.39 is 5.97 Å². The molecule has 0 saturated carbocycles. The zero-order chi connectivity index (χ0) is 15.9. The molecule has 1 atom stereocenters. The quantitative estimate of drug-likeness (QED) is 0.661. The van der Waals surface area contributed by atoms with Crippen molar-refractivity contribution >= 4 is 30.2 Å². The molecular formula is C14H24ClN5O3. The van der Waals surface area contributed by atoms with Gasteiger partial charge >= 0.3 is 5.97 Å². The zero-order valence-corrected chi connectivity index (χ0v) is 14.2. The van der Waals surface area contributed by atoms with Crippen LogP contribution in [0.4, 0.5) is 5.95 Å². The maximum absolute atomic E-state index is 12.0. The topological polar surface area (TPSA) is 109 Å². The summed E-state index contributed by atoms with van der Waals surface area (Å²) in [7, 11) is 1.31. The zero-order valence-electron chi connectivity index (χ0n) is 13.4. The summed E-state index contributed by atoms with van der Waals surface area (Å²) >= 11 is 0. The van der Waals surface area contributed by atoms with Crippen LogP contribution < -0.4 is 10.6 Å². The molecule has 8 nitrogen and oxygen atoms in total. The van der Waals surface area contributed by atoms with Crippen molar-refractivity contribution in [2.24, 2.45) is 11.8 Å². The van der Waals surface area contributed by atoms with Crippen molar-refractivity contribution in [3.8, 4) is 0 Å². The summed E-state index contributed by atoms with van der Waals surface area (Å²) in [6.07, 6.45) is 2.67. The van der Waals surface area contributed by atoms with Gasteiger partial charge in [-0.1, -0.05) is 6.92 Å². The van der Waals surface area contributed by atoms with E-state index in [-0.39, 0.29) is 30.7 Å². The molecule has 1 aliphatic heterocycles. The van der Waals surface area contributed by atoms with E-state index in [0.717, 1.165) is 25.9 Å². The third kappa shape index (κ3) is 6.15. The highest BCUT2D eigenvalue weighted by molar-refractivity contribution is 5.89. The summed E-state index contributed by atoms with van der Waals surface area (Å²) < 4.78 is 4.55. The molecule has 1 unspecified atom stereocenters. The predicted molar refractivity (Wildman–Crippen MR) is 87.4 cm³/mol. The first-order valence-corrected chi connectivity index (χ1v) is 7.57. The first-order chi connectivity index (χ1) is 10.6. The van der Waals surface area contributed by atoms with Crippen molar-refractivity contribution in [1.82, 2.24) is 20.5 Å². The number of carbonyl (C=O) groups excluding carboxylic acids is 2. The number of rotatable bonds is 6. The van der Waals surface area contributed by atoms with E-state index in [1.807, 2.05) is 0 Å². The minimum absolute atomic E-state index is 0. The van der Waals surface area contributed by atoms with Gasteiger partial charge in [0.2, 0.25) is 11.9 Å². The van der Waals surface area contributed by atoms with Crippen LogP contribution in [0.3, 0.4) is 0 Å². The monoisotopic (exact) mass is 345 g/mol. The van der Waals surface area contributed by atoms with Crippen LogP contribution in [0.2, 0.25) is 0 Å². The second kappa shape index (κ2) is 9.46. The lowest BCUT2D eigenvalue weighted by Crippen LogP contribution is -2.32. The second-order valence-electron chi connectivity index (χ2n) is 5.68. The number of nitrogens with one attached hydrogen (secondary N) is 3. The highest BCUT2D eigenvalue weighted by Gasteiger charge is 2.22. The molecule has 23 heavy (non-hydrogen) atoms. The molecule has 0 bridgehead atoms. The standard InChI is InChI=1S/C14H23N5O3.ClH/c1-9(10-3-5-15-6-4-10)7-12(20)17-14-16-11(18-19-14)8-13(21)22-2;/h9-10,15H,3-8H2,1-2H3,(H2,16,17,18,19,20);1H. The lowest BCUT2D eigenvalue weighted by atomic mass is 9.84. The molecule has 0 spiro atoms. The highest BCUT2D eigenvalue weighted by atomic mass is 35.5. The summed E-state index contributed by atoms with van der Waals surface area (Å²) in [5.41, 5.74) is 0. The van der Waals surface area contributed by atoms with Crippen molar-refractivity contribution in [2.75, 3.05) is 25.5 Å². The molecule has 1 saturated heterocycles. The van der Waals surface area contributed by atoms with Gasteiger partial charge in [-0.3, -0.25) is 20.0 Å². The number of H-pyrrole nitrogens is 1. The summed E-state index contributed by atoms with van der Waals surface area (Å²) in [6.45, 7) is 4.15. The van der Waals surface area contributed by atoms with Crippen LogP contribution in [0.5, 0.6) is 0 Å². The maximum atomic E-state index is 12.0. The Kier molecular flexibility index (Phi) is 7.97. The van der Waals surface area contributed by atoms with Gasteiger partial charge in [0.15, 0.2) is 0 Å². The van der Waals surface area contributed by atoms with Crippen molar-refractivity contribution in [3.63, 3.8) is 0 Å². The second-order valence-corrected chi connectivity index (χ2v) is 5.68. The lowest BCUT2D eigenvalue weighted by molar-refractivity contribution is -0.139. The number of anilines is 1. The van der Waals surface area contributed by atoms with Crippen LogP contribution in [0.15, 0.2) is 0 Å². The van der Waals surface area contributed by atoms with E-state index in [4.69, 9.17) is 0 Å². The van der Waals surface area contributed by atoms with Crippen molar-refractivity contribution in [2.45, 2.75) is 32.6 Å². The highest BCUT2D eigenvalue weighted by Crippen LogP contribution is 2.24. The number of amides is 1. The smallest absolute Gasteiger partial charge is 0.313 e. The minimum atomic E-state index is -0.409. The largest absolute Gasteiger partial charge is 0.469 e. The fourth-order valence-corrected chi connectivity index (χ4v) is 2.69. The number of piperidine rings is 1. The van der Waals surface area contributed by atoms with Gasteiger partial charge in [-0.2, -0.15) is 4.98 Å². The third-order valence-corrected chi connectivity index (χ3v) is 4.02. The Balaban J connectivity index is 0.00000264. The number of halogens is 1. The van der Waals surface area contributed by atoms with Gasteiger partial charge in [0.25, 0.3) is 0 Å². The van der Waals surface area contributed by atoms with E-state index in [1.165, 1.54) is 7.11 Å². The number of aromatic nitrogens is 3. The van der Waals surface area contributed by atoms with Gasteiger partial charge in [-0.05, 0) is 37.8 Å². The summed E-state index contributed by atoms with van der Waals surface area (Å²) in [5, 5.41) is 12.5. The van der Waals surface area contributed by atoms with E-state index in [1.54, 1.807) is 0 Å². The summed E-state index contributed by atoms with van der Waals surface area (Å²) in [6, 6.07) is 0. The Morgan fingerprint density at radius 2 is 2.09 bits per heavy atom. The van der Waals surface area contributed by atoms with Crippen LogP contribution in [-0.2, 0) is 20.7 Å². The Bertz CT molecular complexity index is 516. The molecule has 0 radical (unpaired) electrons. The van der Waals surface area contributed by atoms with E-state index in [0.29, 0.717) is 24.1 Å². The van der Waals surface area contributed by atoms with Crippen LogP contribution in [-0.4, -0.2) is 47.3 Å². The Morgan fingerprint density at radius 1 is 1.39 bits per heavy atom. The van der Waals surface area contributed by atoms with Crippen LogP contribution in [0, 0.1) is 11.8 Å². The Hall–Kier alpha value is -1.67. The molecular weight excluding hydrogens is 322 g/mol. The average Bonchev–Trinajstić information content (AvgIpc) is 2.94. The SMILES string of the molecule is COC(=O)Cc1nc(NC(=O)CC(C)C2CCNCC2)n[nH]1.Cl. The van der Waals surface area contributed by atoms with Crippen LogP contribution in [0.1, 0.15) is 32.0 Å². The van der Waals surface area contributed by atoms with Crippen molar-refractivity contribution in [1.29, 1.82) is 0 Å². The summed E-state index contributed by atoms with van der Waals surface area (Å²) in [4.78, 5) is 27.2. The molecule has 1 aromatic rings. The van der Waals surface area contributed by atoms with Gasteiger partial charge < -0.3 is 10.1 Å². The van der Waals surface area contributed by atoms with E-state index in [9.17, 15) is 9.59 Å². The number of nitrogens with zero attached hydrogens (tertiary/aromatic N) is 2. The molecule has 0 aliphatic carbocycles. The minimum Gasteiger partial charge on any atom is -0.469 e. The van der Waals surface area contributed by atoms with Crippen molar-refractivity contribution < 1.29 is 14.3 Å². The number of hydrogen-bond donors (Lipinski definition) is 3. The number of esters is 1. The number of carbonyl (C=O) groups is 2. The Morgan fingerprint density at radius 3 is 2.74 bits per heavy atom. The lowest BCUT2D eigenvalue weighted by Gasteiger charge is -2.27. The average molecular weight is 346 g/mol. The summed E-state index contributed by atoms with van der Waals surface area (Å²) in [5.74, 6) is 0.961. The van der Waals surface area contributed by atoms with Crippen LogP contribution >= 0.6 is 12.4 Å². The fourth-order valence-electron chi connectivity index (χ4n) is 2.69. The first kappa shape index (κ1) is 19.4. The predicted octanol–water partition coefficient (Wildman–Crippen LogP) is 0.906. The first-order valence-electron chi connectivity index (χ1n) is 7.57. The molecule has 1 aromatic heterocycles. The van der Waals surface area contributed by atoms with Gasteiger partial charge in [0.05, 0.1) is 7.11 Å². The van der Waals surface area contributed by atoms with E-state index >= 15 is 0 Å². The van der Waals surface area contributed by atoms with Gasteiger partial charge in [-0.15, -0.1) is 17.5 Å². The number of ether oxygens (including phenoxy) is 1. The molecule has 3 N–H and O–H groups in total. The van der Waals surface area contributed by atoms with Gasteiger partial charge in [-0.25, -0.2) is 0 Å². The van der Waals surface area contributed by atoms with Crippen LogP contribution in [0.25, 0.3) is 0 Å². The van der Waals surface area contributed by atoms with Gasteiger partial charge in [0, 0.05) is 6.42 Å². The molecule has 2 rings (SSSR count). The fraction of sp³-hybridized carbons (Fsp3) is 0.714. The van der Waals surface area contributed by atoms with Gasteiger partial charge in [0.1, 0.15) is 12.2 Å². The number of aromatic amines is 1.